The third-order valence-corrected chi connectivity index (χ3v) is 5.29. The fraction of sp³-hybridized carbons (Fsp3) is 0. The van der Waals surface area contributed by atoms with Gasteiger partial charge in [0.15, 0.2) is 0 Å². The Labute approximate surface area is 141 Å². The molecule has 3 aromatic heterocycles. The Kier molecular flexibility index (Phi) is 4.14. The molecular formula is C15H12N4O3S2. The smallest absolute Gasteiger partial charge is 0.342 e. The van der Waals surface area contributed by atoms with E-state index >= 15 is 0 Å². The minimum absolute atomic E-state index is 0. The molecule has 122 valence electrons. The number of thiazole rings is 1. The molecule has 9 heteroatoms. The zero-order valence-corrected chi connectivity index (χ0v) is 13.9. The number of hydrogen-bond donors (Lipinski definition) is 1. The predicted molar refractivity (Wildman–Crippen MR) is 92.0 cm³/mol. The van der Waals surface area contributed by atoms with E-state index in [1.165, 1.54) is 6.20 Å². The average Bonchev–Trinajstić information content (AvgIpc) is 3.06. The van der Waals surface area contributed by atoms with Crippen molar-refractivity contribution in [2.24, 2.45) is 0 Å². The van der Waals surface area contributed by atoms with Gasteiger partial charge in [-0.3, -0.25) is 9.97 Å². The quantitative estimate of drug-likeness (QED) is 0.440. The topological polar surface area (TPSA) is 117 Å². The van der Waals surface area contributed by atoms with Crippen molar-refractivity contribution in [2.75, 3.05) is 0 Å². The molecule has 0 saturated heterocycles. The minimum atomic E-state index is -4.02. The van der Waals surface area contributed by atoms with E-state index < -0.39 is 10.1 Å². The lowest BCUT2D eigenvalue weighted by Crippen LogP contribution is -2.10. The van der Waals surface area contributed by atoms with Crippen LogP contribution in [0.2, 0.25) is 0 Å². The first kappa shape index (κ1) is 16.2. The summed E-state index contributed by atoms with van der Waals surface area (Å²) in [5.74, 6) is 0. The molecule has 0 radical (unpaired) electrons. The Morgan fingerprint density at radius 2 is 1.71 bits per heavy atom. The zero-order chi connectivity index (χ0) is 15.9. The molecule has 4 aromatic rings. The van der Waals surface area contributed by atoms with Gasteiger partial charge in [0, 0.05) is 34.7 Å². The number of benzene rings is 1. The third-order valence-electron chi connectivity index (χ3n) is 3.28. The molecule has 0 fully saturated rings. The molecule has 4 rings (SSSR count). The van der Waals surface area contributed by atoms with E-state index in [-0.39, 0.29) is 16.2 Å². The SMILES string of the molecule is N.O=S(=O)(Oc1nccs1)c1cc2cccnc2c2ncccc12. The van der Waals surface area contributed by atoms with Crippen LogP contribution in [0.15, 0.2) is 59.2 Å². The largest absolute Gasteiger partial charge is 0.348 e. The van der Waals surface area contributed by atoms with Crippen LogP contribution in [0.5, 0.6) is 5.19 Å². The first-order chi connectivity index (χ1) is 11.1. The highest BCUT2D eigenvalue weighted by atomic mass is 32.2. The molecule has 7 nitrogen and oxygen atoms in total. The van der Waals surface area contributed by atoms with Gasteiger partial charge in [0.2, 0.25) is 0 Å². The summed E-state index contributed by atoms with van der Waals surface area (Å²) in [6.07, 6.45) is 4.74. The maximum atomic E-state index is 12.7. The summed E-state index contributed by atoms with van der Waals surface area (Å²) in [5.41, 5.74) is 1.17. The molecule has 0 aliphatic rings. The van der Waals surface area contributed by atoms with Crippen LogP contribution in [-0.4, -0.2) is 23.4 Å². The number of rotatable bonds is 3. The molecule has 0 aliphatic carbocycles. The van der Waals surface area contributed by atoms with Crippen molar-refractivity contribution in [2.45, 2.75) is 4.90 Å². The summed E-state index contributed by atoms with van der Waals surface area (Å²) < 4.78 is 30.4. The second kappa shape index (κ2) is 6.11. The molecule has 0 aliphatic heterocycles. The first-order valence-corrected chi connectivity index (χ1v) is 8.90. The average molecular weight is 360 g/mol. The van der Waals surface area contributed by atoms with Gasteiger partial charge in [-0.15, -0.1) is 0 Å². The van der Waals surface area contributed by atoms with E-state index in [0.29, 0.717) is 21.8 Å². The van der Waals surface area contributed by atoms with Gasteiger partial charge in [-0.05, 0) is 24.3 Å². The lowest BCUT2D eigenvalue weighted by Gasteiger charge is -2.09. The van der Waals surface area contributed by atoms with Gasteiger partial charge in [-0.2, -0.15) is 8.42 Å². The molecule has 3 heterocycles. The fourth-order valence-corrected chi connectivity index (χ4v) is 4.15. The molecule has 0 spiro atoms. The number of pyridine rings is 2. The highest BCUT2D eigenvalue weighted by Crippen LogP contribution is 2.30. The van der Waals surface area contributed by atoms with Crippen LogP contribution >= 0.6 is 11.3 Å². The summed E-state index contributed by atoms with van der Waals surface area (Å²) in [7, 11) is -4.02. The molecular weight excluding hydrogens is 348 g/mol. The van der Waals surface area contributed by atoms with Crippen molar-refractivity contribution in [3.8, 4) is 5.19 Å². The highest BCUT2D eigenvalue weighted by Gasteiger charge is 2.23. The number of hydrogen-bond acceptors (Lipinski definition) is 8. The maximum Gasteiger partial charge on any atom is 0.342 e. The van der Waals surface area contributed by atoms with Crippen molar-refractivity contribution in [1.29, 1.82) is 0 Å². The summed E-state index contributed by atoms with van der Waals surface area (Å²) >= 11 is 1.11. The Balaban J connectivity index is 0.00000169. The van der Waals surface area contributed by atoms with Crippen molar-refractivity contribution in [1.82, 2.24) is 21.1 Å². The Hall–Kier alpha value is -2.62. The monoisotopic (exact) mass is 360 g/mol. The predicted octanol–water partition coefficient (Wildman–Crippen LogP) is 3.17. The van der Waals surface area contributed by atoms with Crippen LogP contribution in [0, 0.1) is 0 Å². The normalized spacial score (nSPS) is 11.3. The van der Waals surface area contributed by atoms with Crippen LogP contribution in [0.4, 0.5) is 0 Å². The Morgan fingerprint density at radius 3 is 2.46 bits per heavy atom. The Morgan fingerprint density at radius 1 is 0.958 bits per heavy atom. The lowest BCUT2D eigenvalue weighted by atomic mass is 10.1. The third kappa shape index (κ3) is 2.68. The number of aromatic nitrogens is 3. The van der Waals surface area contributed by atoms with E-state index in [0.717, 1.165) is 11.3 Å². The molecule has 0 unspecified atom stereocenters. The summed E-state index contributed by atoms with van der Waals surface area (Å²) in [6.45, 7) is 0. The van der Waals surface area contributed by atoms with Gasteiger partial charge in [0.1, 0.15) is 4.90 Å². The van der Waals surface area contributed by atoms with Crippen molar-refractivity contribution in [3.05, 3.63) is 54.3 Å². The van der Waals surface area contributed by atoms with Crippen LogP contribution in [0.25, 0.3) is 21.8 Å². The Bertz CT molecular complexity index is 1110. The van der Waals surface area contributed by atoms with Crippen LogP contribution in [0.3, 0.4) is 0 Å². The van der Waals surface area contributed by atoms with Crippen molar-refractivity contribution < 1.29 is 12.6 Å². The summed E-state index contributed by atoms with van der Waals surface area (Å²) in [4.78, 5) is 12.5. The molecule has 0 atom stereocenters. The fourth-order valence-electron chi connectivity index (χ4n) is 2.34. The van der Waals surface area contributed by atoms with Gasteiger partial charge in [0.25, 0.3) is 5.19 Å². The lowest BCUT2D eigenvalue weighted by molar-refractivity contribution is 0.485. The van der Waals surface area contributed by atoms with Crippen LogP contribution < -0.4 is 10.3 Å². The molecule has 3 N–H and O–H groups in total. The van der Waals surface area contributed by atoms with Crippen molar-refractivity contribution >= 4 is 43.3 Å². The van der Waals surface area contributed by atoms with Gasteiger partial charge >= 0.3 is 10.1 Å². The van der Waals surface area contributed by atoms with E-state index in [9.17, 15) is 8.42 Å². The van der Waals surface area contributed by atoms with Crippen LogP contribution in [0.1, 0.15) is 0 Å². The molecule has 0 bridgehead atoms. The molecule has 0 saturated carbocycles. The van der Waals surface area contributed by atoms with Gasteiger partial charge < -0.3 is 10.3 Å². The highest BCUT2D eigenvalue weighted by molar-refractivity contribution is 7.87. The molecule has 0 amide bonds. The van der Waals surface area contributed by atoms with E-state index in [1.807, 2.05) is 0 Å². The standard InChI is InChI=1S/C15H9N3O3S2.H3N/c19-23(20,21-15-18-7-8-22-15)12-9-10-3-1-5-16-13(10)14-11(12)4-2-6-17-14;/h1-9H;1H3. The van der Waals surface area contributed by atoms with E-state index in [4.69, 9.17) is 4.18 Å². The molecule has 1 aromatic carbocycles. The number of fused-ring (bicyclic) bond motifs is 3. The minimum Gasteiger partial charge on any atom is -0.348 e. The van der Waals surface area contributed by atoms with E-state index in [2.05, 4.69) is 15.0 Å². The zero-order valence-electron chi connectivity index (χ0n) is 12.3. The summed E-state index contributed by atoms with van der Waals surface area (Å²) in [6, 6.07) is 8.46. The summed E-state index contributed by atoms with van der Waals surface area (Å²) in [5, 5.41) is 2.87. The second-order valence-corrected chi connectivity index (χ2v) is 7.06. The van der Waals surface area contributed by atoms with Gasteiger partial charge in [-0.1, -0.05) is 17.4 Å². The van der Waals surface area contributed by atoms with Gasteiger partial charge in [0.05, 0.1) is 11.0 Å². The van der Waals surface area contributed by atoms with E-state index in [1.54, 1.807) is 48.1 Å². The maximum absolute atomic E-state index is 12.7. The molecule has 24 heavy (non-hydrogen) atoms. The number of nitrogens with zero attached hydrogens (tertiary/aromatic N) is 3. The van der Waals surface area contributed by atoms with Gasteiger partial charge in [-0.25, -0.2) is 4.98 Å². The first-order valence-electron chi connectivity index (χ1n) is 6.61. The van der Waals surface area contributed by atoms with Crippen LogP contribution in [-0.2, 0) is 10.1 Å². The van der Waals surface area contributed by atoms with Crippen molar-refractivity contribution in [3.63, 3.8) is 0 Å². The second-order valence-electron chi connectivity index (χ2n) is 4.68.